The van der Waals surface area contributed by atoms with Gasteiger partial charge in [0.25, 0.3) is 11.6 Å². The van der Waals surface area contributed by atoms with E-state index in [0.717, 1.165) is 12.3 Å². The highest BCUT2D eigenvalue weighted by Crippen LogP contribution is 2.28. The van der Waals surface area contributed by atoms with Crippen LogP contribution in [0.2, 0.25) is 10.2 Å². The first-order valence-corrected chi connectivity index (χ1v) is 6.99. The van der Waals surface area contributed by atoms with Gasteiger partial charge in [-0.25, -0.2) is 4.98 Å². The summed E-state index contributed by atoms with van der Waals surface area (Å²) in [6.45, 7) is 0. The Hall–Kier alpha value is -1.70. The van der Waals surface area contributed by atoms with Crippen LogP contribution in [0.15, 0.2) is 34.9 Å². The Morgan fingerprint density at radius 1 is 1.33 bits per heavy atom. The maximum atomic E-state index is 12.2. The molecule has 0 bridgehead atoms. The molecule has 1 amide bonds. The molecular formula is C12H6BrCl2N3O3. The lowest BCUT2D eigenvalue weighted by atomic mass is 10.2. The number of rotatable bonds is 3. The molecule has 108 valence electrons. The standard InChI is InChI=1S/C12H6BrCl2N3O3/c13-8-2-1-6(14)3-9(8)17-12(19)7-4-11(15)16-5-10(7)18(20)21/h1-5H,(H,17,19). The molecule has 0 aliphatic heterocycles. The fraction of sp³-hybridized carbons (Fsp3) is 0. The minimum Gasteiger partial charge on any atom is -0.321 e. The maximum Gasteiger partial charge on any atom is 0.300 e. The van der Waals surface area contributed by atoms with E-state index in [0.29, 0.717) is 15.2 Å². The first kappa shape index (κ1) is 15.7. The minimum atomic E-state index is -0.703. The number of aromatic nitrogens is 1. The van der Waals surface area contributed by atoms with Crippen LogP contribution in [0.1, 0.15) is 10.4 Å². The SMILES string of the molecule is O=C(Nc1cc(Cl)ccc1Br)c1cc(Cl)ncc1[N+](=O)[O-]. The van der Waals surface area contributed by atoms with Gasteiger partial charge in [-0.05, 0) is 40.2 Å². The lowest BCUT2D eigenvalue weighted by Gasteiger charge is -2.08. The largest absolute Gasteiger partial charge is 0.321 e. The number of carbonyl (C=O) groups excluding carboxylic acids is 1. The van der Waals surface area contributed by atoms with E-state index in [4.69, 9.17) is 23.2 Å². The number of hydrogen-bond donors (Lipinski definition) is 1. The molecule has 1 aromatic carbocycles. The van der Waals surface area contributed by atoms with Gasteiger partial charge in [-0.1, -0.05) is 23.2 Å². The van der Waals surface area contributed by atoms with Crippen LogP contribution in [-0.2, 0) is 0 Å². The average Bonchev–Trinajstić information content (AvgIpc) is 2.42. The lowest BCUT2D eigenvalue weighted by Crippen LogP contribution is -2.14. The van der Waals surface area contributed by atoms with E-state index >= 15 is 0 Å². The van der Waals surface area contributed by atoms with Gasteiger partial charge in [-0.3, -0.25) is 14.9 Å². The van der Waals surface area contributed by atoms with Gasteiger partial charge in [0.15, 0.2) is 0 Å². The predicted molar refractivity (Wildman–Crippen MR) is 83.0 cm³/mol. The van der Waals surface area contributed by atoms with Gasteiger partial charge in [0, 0.05) is 9.50 Å². The van der Waals surface area contributed by atoms with Crippen molar-refractivity contribution in [3.8, 4) is 0 Å². The van der Waals surface area contributed by atoms with Crippen LogP contribution in [0.4, 0.5) is 11.4 Å². The summed E-state index contributed by atoms with van der Waals surface area (Å²) < 4.78 is 0.586. The number of amides is 1. The van der Waals surface area contributed by atoms with Crippen molar-refractivity contribution < 1.29 is 9.72 Å². The molecule has 0 unspecified atom stereocenters. The van der Waals surface area contributed by atoms with Crippen LogP contribution in [0.25, 0.3) is 0 Å². The summed E-state index contributed by atoms with van der Waals surface area (Å²) in [5, 5.41) is 13.8. The van der Waals surface area contributed by atoms with Crippen LogP contribution in [0.5, 0.6) is 0 Å². The summed E-state index contributed by atoms with van der Waals surface area (Å²) >= 11 is 14.8. The topological polar surface area (TPSA) is 85.1 Å². The molecule has 1 aromatic heterocycles. The molecule has 21 heavy (non-hydrogen) atoms. The Kier molecular flexibility index (Phi) is 4.76. The number of pyridine rings is 1. The quantitative estimate of drug-likeness (QED) is 0.480. The third-order valence-electron chi connectivity index (χ3n) is 2.47. The zero-order valence-electron chi connectivity index (χ0n) is 10.1. The van der Waals surface area contributed by atoms with E-state index in [1.54, 1.807) is 12.1 Å². The fourth-order valence-electron chi connectivity index (χ4n) is 1.53. The molecule has 0 radical (unpaired) electrons. The smallest absolute Gasteiger partial charge is 0.300 e. The van der Waals surface area contributed by atoms with Crippen molar-refractivity contribution in [1.82, 2.24) is 4.98 Å². The van der Waals surface area contributed by atoms with Crippen LogP contribution in [-0.4, -0.2) is 15.8 Å². The van der Waals surface area contributed by atoms with Crippen molar-refractivity contribution in [2.24, 2.45) is 0 Å². The summed E-state index contributed by atoms with van der Waals surface area (Å²) in [6.07, 6.45) is 0.935. The van der Waals surface area contributed by atoms with Gasteiger partial charge in [-0.15, -0.1) is 0 Å². The molecule has 0 aliphatic rings. The molecule has 0 spiro atoms. The van der Waals surface area contributed by atoms with Crippen LogP contribution in [0, 0.1) is 10.1 Å². The van der Waals surface area contributed by atoms with Gasteiger partial charge in [0.2, 0.25) is 0 Å². The van der Waals surface area contributed by atoms with E-state index in [1.165, 1.54) is 6.07 Å². The average molecular weight is 391 g/mol. The number of hydrogen-bond acceptors (Lipinski definition) is 4. The summed E-state index contributed by atoms with van der Waals surface area (Å²) in [6, 6.07) is 5.92. The molecule has 0 saturated heterocycles. The van der Waals surface area contributed by atoms with E-state index in [-0.39, 0.29) is 10.7 Å². The fourth-order valence-corrected chi connectivity index (χ4v) is 2.21. The Labute approximate surface area is 137 Å². The highest BCUT2D eigenvalue weighted by Gasteiger charge is 2.22. The summed E-state index contributed by atoms with van der Waals surface area (Å²) in [4.78, 5) is 26.0. The second-order valence-corrected chi connectivity index (χ2v) is 5.54. The Bertz CT molecular complexity index is 740. The van der Waals surface area contributed by atoms with Crippen molar-refractivity contribution in [2.75, 3.05) is 5.32 Å². The number of halogens is 3. The first-order valence-electron chi connectivity index (χ1n) is 5.45. The maximum absolute atomic E-state index is 12.2. The summed E-state index contributed by atoms with van der Waals surface area (Å²) in [5.41, 5.74) is -0.239. The van der Waals surface area contributed by atoms with E-state index < -0.39 is 16.5 Å². The number of nitrogens with one attached hydrogen (secondary N) is 1. The number of nitro groups is 1. The van der Waals surface area contributed by atoms with Crippen molar-refractivity contribution in [3.05, 3.63) is 60.8 Å². The molecule has 0 atom stereocenters. The van der Waals surface area contributed by atoms with Crippen molar-refractivity contribution >= 4 is 56.4 Å². The number of carbonyl (C=O) groups is 1. The van der Waals surface area contributed by atoms with Gasteiger partial charge >= 0.3 is 0 Å². The summed E-state index contributed by atoms with van der Waals surface area (Å²) in [7, 11) is 0. The molecule has 0 fully saturated rings. The zero-order valence-corrected chi connectivity index (χ0v) is 13.2. The number of nitrogens with zero attached hydrogens (tertiary/aromatic N) is 2. The van der Waals surface area contributed by atoms with Crippen molar-refractivity contribution in [2.45, 2.75) is 0 Å². The third-order valence-corrected chi connectivity index (χ3v) is 3.60. The molecule has 2 aromatic rings. The number of anilines is 1. The van der Waals surface area contributed by atoms with Gasteiger partial charge in [0.05, 0.1) is 10.6 Å². The second-order valence-electron chi connectivity index (χ2n) is 3.86. The third kappa shape index (κ3) is 3.69. The van der Waals surface area contributed by atoms with E-state index in [1.807, 2.05) is 0 Å². The van der Waals surface area contributed by atoms with Crippen molar-refractivity contribution in [3.63, 3.8) is 0 Å². The van der Waals surface area contributed by atoms with Gasteiger partial charge < -0.3 is 5.32 Å². The predicted octanol–water partition coefficient (Wildman–Crippen LogP) is 4.31. The number of benzene rings is 1. The Balaban J connectivity index is 2.39. The second kappa shape index (κ2) is 6.38. The van der Waals surface area contributed by atoms with Crippen LogP contribution < -0.4 is 5.32 Å². The molecule has 9 heteroatoms. The zero-order chi connectivity index (χ0) is 15.6. The van der Waals surface area contributed by atoms with E-state index in [2.05, 4.69) is 26.2 Å². The van der Waals surface area contributed by atoms with Crippen LogP contribution in [0.3, 0.4) is 0 Å². The van der Waals surface area contributed by atoms with Gasteiger partial charge in [-0.2, -0.15) is 0 Å². The summed E-state index contributed by atoms with van der Waals surface area (Å²) in [5.74, 6) is -0.686. The van der Waals surface area contributed by atoms with Gasteiger partial charge in [0.1, 0.15) is 16.9 Å². The Morgan fingerprint density at radius 2 is 2.05 bits per heavy atom. The molecule has 0 aliphatic carbocycles. The Morgan fingerprint density at radius 3 is 2.71 bits per heavy atom. The molecule has 0 saturated carbocycles. The normalized spacial score (nSPS) is 10.2. The highest BCUT2D eigenvalue weighted by atomic mass is 79.9. The first-order chi connectivity index (χ1) is 9.88. The molecule has 1 heterocycles. The molecule has 2 rings (SSSR count). The minimum absolute atomic E-state index is 0.0177. The highest BCUT2D eigenvalue weighted by molar-refractivity contribution is 9.10. The van der Waals surface area contributed by atoms with E-state index in [9.17, 15) is 14.9 Å². The monoisotopic (exact) mass is 389 g/mol. The molecule has 1 N–H and O–H groups in total. The van der Waals surface area contributed by atoms with Crippen LogP contribution >= 0.6 is 39.1 Å². The molecular weight excluding hydrogens is 385 g/mol. The van der Waals surface area contributed by atoms with Crippen molar-refractivity contribution in [1.29, 1.82) is 0 Å². The lowest BCUT2D eigenvalue weighted by molar-refractivity contribution is -0.385. The molecule has 6 nitrogen and oxygen atoms in total.